The number of hydrogen-bond acceptors (Lipinski definition) is 3. The lowest BCUT2D eigenvalue weighted by Crippen LogP contribution is -2.06. The highest BCUT2D eigenvalue weighted by atomic mass is 35.5. The van der Waals surface area contributed by atoms with Gasteiger partial charge in [0.25, 0.3) is 0 Å². The van der Waals surface area contributed by atoms with E-state index in [1.165, 1.54) is 0 Å². The second kappa shape index (κ2) is 6.09. The molecule has 3 aromatic rings. The molecule has 24 heavy (non-hydrogen) atoms. The number of aromatic nitrogens is 2. The lowest BCUT2D eigenvalue weighted by atomic mass is 10.2. The summed E-state index contributed by atoms with van der Waals surface area (Å²) in [6.45, 7) is 0. The largest absolute Gasteiger partial charge is 0.435 e. The number of benzene rings is 1. The van der Waals surface area contributed by atoms with Crippen molar-refractivity contribution in [3.8, 4) is 17.3 Å². The van der Waals surface area contributed by atoms with Crippen molar-refractivity contribution in [2.45, 2.75) is 6.18 Å². The number of pyridine rings is 1. The van der Waals surface area contributed by atoms with E-state index < -0.39 is 11.7 Å². The molecule has 0 spiro atoms. The van der Waals surface area contributed by atoms with Gasteiger partial charge in [0, 0.05) is 24.3 Å². The normalized spacial score (nSPS) is 11.5. The summed E-state index contributed by atoms with van der Waals surface area (Å²) in [5, 5.41) is -0.236. The van der Waals surface area contributed by atoms with Gasteiger partial charge in [-0.15, -0.1) is 0 Å². The van der Waals surface area contributed by atoms with Crippen molar-refractivity contribution in [2.75, 3.05) is 5.73 Å². The molecule has 0 radical (unpaired) electrons. The number of nitrogens with two attached hydrogens (primary N) is 1. The molecule has 0 atom stereocenters. The van der Waals surface area contributed by atoms with Gasteiger partial charge in [-0.3, -0.25) is 0 Å². The second-order valence-electron chi connectivity index (χ2n) is 4.93. The van der Waals surface area contributed by atoms with Crippen molar-refractivity contribution in [1.82, 2.24) is 9.55 Å². The smallest absolute Gasteiger partial charge is 0.417 e. The van der Waals surface area contributed by atoms with Gasteiger partial charge in [0.2, 0.25) is 5.88 Å². The minimum Gasteiger partial charge on any atom is -0.435 e. The van der Waals surface area contributed by atoms with Crippen molar-refractivity contribution in [3.05, 3.63) is 65.6 Å². The highest BCUT2D eigenvalue weighted by molar-refractivity contribution is 6.31. The summed E-state index contributed by atoms with van der Waals surface area (Å²) in [4.78, 5) is 3.67. The van der Waals surface area contributed by atoms with Crippen LogP contribution in [0.3, 0.4) is 0 Å². The second-order valence-corrected chi connectivity index (χ2v) is 5.34. The first-order valence-corrected chi connectivity index (χ1v) is 7.16. The Balaban J connectivity index is 1.98. The molecule has 0 aliphatic heterocycles. The summed E-state index contributed by atoms with van der Waals surface area (Å²) in [5.74, 6) is 0.234. The van der Waals surface area contributed by atoms with Gasteiger partial charge in [0.15, 0.2) is 5.75 Å². The molecular weight excluding hydrogens is 343 g/mol. The number of halogens is 4. The SMILES string of the molecule is Nc1ccc(Oc2ncc(C(F)(F)F)cc2Cl)c(-n2cccc2)c1. The van der Waals surface area contributed by atoms with Gasteiger partial charge < -0.3 is 15.0 Å². The maximum absolute atomic E-state index is 12.7. The summed E-state index contributed by atoms with van der Waals surface area (Å²) >= 11 is 5.87. The zero-order chi connectivity index (χ0) is 17.3. The Hall–Kier alpha value is -2.67. The summed E-state index contributed by atoms with van der Waals surface area (Å²) in [6, 6.07) is 9.29. The van der Waals surface area contributed by atoms with Crippen molar-refractivity contribution in [2.24, 2.45) is 0 Å². The minimum atomic E-state index is -4.52. The van der Waals surface area contributed by atoms with Crippen LogP contribution < -0.4 is 10.5 Å². The molecule has 0 unspecified atom stereocenters. The molecule has 0 saturated heterocycles. The van der Waals surface area contributed by atoms with Crippen LogP contribution in [0, 0.1) is 0 Å². The standard InChI is InChI=1S/C16H11ClF3N3O/c17-12-7-10(16(18,19)20)9-22-15(12)24-14-4-3-11(21)8-13(14)23-5-1-2-6-23/h1-9H,21H2. The molecule has 1 aromatic carbocycles. The molecule has 0 aliphatic rings. The fourth-order valence-corrected chi connectivity index (χ4v) is 2.28. The summed E-state index contributed by atoms with van der Waals surface area (Å²) in [7, 11) is 0. The molecule has 4 nitrogen and oxygen atoms in total. The quantitative estimate of drug-likeness (QED) is 0.680. The molecule has 2 heterocycles. The van der Waals surface area contributed by atoms with Crippen LogP contribution in [-0.4, -0.2) is 9.55 Å². The predicted molar refractivity (Wildman–Crippen MR) is 84.5 cm³/mol. The van der Waals surface area contributed by atoms with Crippen LogP contribution in [-0.2, 0) is 6.18 Å². The Kier molecular flexibility index (Phi) is 4.11. The molecule has 0 fully saturated rings. The molecule has 0 saturated carbocycles. The lowest BCUT2D eigenvalue weighted by Gasteiger charge is -2.14. The van der Waals surface area contributed by atoms with Crippen LogP contribution in [0.1, 0.15) is 5.56 Å². The van der Waals surface area contributed by atoms with Crippen LogP contribution >= 0.6 is 11.6 Å². The maximum Gasteiger partial charge on any atom is 0.417 e. The highest BCUT2D eigenvalue weighted by Gasteiger charge is 2.31. The van der Waals surface area contributed by atoms with Crippen LogP contribution in [0.2, 0.25) is 5.02 Å². The average molecular weight is 354 g/mol. The van der Waals surface area contributed by atoms with E-state index in [2.05, 4.69) is 4.98 Å². The molecule has 0 bridgehead atoms. The molecule has 0 amide bonds. The fourth-order valence-electron chi connectivity index (χ4n) is 2.08. The van der Waals surface area contributed by atoms with Crippen molar-refractivity contribution in [3.63, 3.8) is 0 Å². The van der Waals surface area contributed by atoms with E-state index in [0.29, 0.717) is 23.3 Å². The lowest BCUT2D eigenvalue weighted by molar-refractivity contribution is -0.137. The van der Waals surface area contributed by atoms with Crippen LogP contribution in [0.5, 0.6) is 11.6 Å². The highest BCUT2D eigenvalue weighted by Crippen LogP contribution is 2.36. The number of ether oxygens (including phenoxy) is 1. The van der Waals surface area contributed by atoms with Crippen LogP contribution in [0.4, 0.5) is 18.9 Å². The molecule has 2 N–H and O–H groups in total. The number of anilines is 1. The van der Waals surface area contributed by atoms with Crippen molar-refractivity contribution >= 4 is 17.3 Å². The molecule has 3 rings (SSSR count). The molecular formula is C16H11ClF3N3O. The average Bonchev–Trinajstić information content (AvgIpc) is 3.04. The molecule has 0 aliphatic carbocycles. The van der Waals surface area contributed by atoms with Crippen molar-refractivity contribution in [1.29, 1.82) is 0 Å². The Morgan fingerprint density at radius 3 is 2.46 bits per heavy atom. The number of nitrogen functional groups attached to an aromatic ring is 1. The van der Waals surface area contributed by atoms with E-state index in [9.17, 15) is 13.2 Å². The number of hydrogen-bond donors (Lipinski definition) is 1. The number of nitrogens with zero attached hydrogens (tertiary/aromatic N) is 2. The predicted octanol–water partition coefficient (Wildman–Crippen LogP) is 4.92. The van der Waals surface area contributed by atoms with E-state index in [1.807, 2.05) is 12.1 Å². The van der Waals surface area contributed by atoms with Crippen LogP contribution in [0.25, 0.3) is 5.69 Å². The Morgan fingerprint density at radius 1 is 1.12 bits per heavy atom. The van der Waals surface area contributed by atoms with Gasteiger partial charge in [-0.2, -0.15) is 13.2 Å². The van der Waals surface area contributed by atoms with Gasteiger partial charge >= 0.3 is 6.18 Å². The maximum atomic E-state index is 12.7. The monoisotopic (exact) mass is 353 g/mol. The third-order valence-corrected chi connectivity index (χ3v) is 3.48. The summed E-state index contributed by atoms with van der Waals surface area (Å²) < 4.78 is 45.3. The third kappa shape index (κ3) is 3.30. The molecule has 2 aromatic heterocycles. The van der Waals surface area contributed by atoms with Gasteiger partial charge in [-0.1, -0.05) is 11.6 Å². The first kappa shape index (κ1) is 16.2. The van der Waals surface area contributed by atoms with Gasteiger partial charge in [0.05, 0.1) is 11.3 Å². The topological polar surface area (TPSA) is 53.1 Å². The molecule has 124 valence electrons. The van der Waals surface area contributed by atoms with E-state index in [-0.39, 0.29) is 10.9 Å². The summed E-state index contributed by atoms with van der Waals surface area (Å²) in [5.41, 5.74) is 5.97. The molecule has 8 heteroatoms. The van der Waals surface area contributed by atoms with Gasteiger partial charge in [-0.05, 0) is 36.4 Å². The van der Waals surface area contributed by atoms with E-state index in [0.717, 1.165) is 6.07 Å². The van der Waals surface area contributed by atoms with Gasteiger partial charge in [-0.25, -0.2) is 4.98 Å². The Bertz CT molecular complexity index is 863. The first-order valence-electron chi connectivity index (χ1n) is 6.78. The van der Waals surface area contributed by atoms with Crippen LogP contribution in [0.15, 0.2) is 55.0 Å². The zero-order valence-corrected chi connectivity index (χ0v) is 12.8. The first-order chi connectivity index (χ1) is 11.3. The van der Waals surface area contributed by atoms with E-state index >= 15 is 0 Å². The number of rotatable bonds is 3. The number of alkyl halides is 3. The zero-order valence-electron chi connectivity index (χ0n) is 12.1. The minimum absolute atomic E-state index is 0.122. The fraction of sp³-hybridized carbons (Fsp3) is 0.0625. The van der Waals surface area contributed by atoms with Gasteiger partial charge in [0.1, 0.15) is 5.02 Å². The summed E-state index contributed by atoms with van der Waals surface area (Å²) in [6.07, 6.45) is -0.284. The third-order valence-electron chi connectivity index (χ3n) is 3.21. The van der Waals surface area contributed by atoms with Crippen molar-refractivity contribution < 1.29 is 17.9 Å². The van der Waals surface area contributed by atoms with E-state index in [4.69, 9.17) is 22.1 Å². The Morgan fingerprint density at radius 2 is 1.83 bits per heavy atom. The Labute approximate surface area is 140 Å². The van der Waals surface area contributed by atoms with E-state index in [1.54, 1.807) is 35.2 Å².